The van der Waals surface area contributed by atoms with Crippen LogP contribution >= 0.6 is 11.6 Å². The summed E-state index contributed by atoms with van der Waals surface area (Å²) < 4.78 is 71.3. The molecule has 2 amide bonds. The molecular formula is C25H31ClF3N3O5S. The number of carbonyl (C=O) groups is 2. The maximum Gasteiger partial charge on any atom is 0.417 e. The molecule has 210 valence electrons. The number of hydrogen-bond donors (Lipinski definition) is 1. The number of anilines is 1. The van der Waals surface area contributed by atoms with Crippen LogP contribution in [0.25, 0.3) is 0 Å². The molecule has 0 fully saturated rings. The number of benzene rings is 2. The molecule has 38 heavy (non-hydrogen) atoms. The summed E-state index contributed by atoms with van der Waals surface area (Å²) in [5.74, 6) is -0.618. The molecule has 0 radical (unpaired) electrons. The van der Waals surface area contributed by atoms with Gasteiger partial charge in [-0.25, -0.2) is 8.42 Å². The number of nitrogens with zero attached hydrogens (tertiary/aromatic N) is 2. The predicted octanol–water partition coefficient (Wildman–Crippen LogP) is 4.47. The van der Waals surface area contributed by atoms with Crippen LogP contribution < -0.4 is 14.4 Å². The quantitative estimate of drug-likeness (QED) is 0.402. The van der Waals surface area contributed by atoms with Crippen LogP contribution in [0.4, 0.5) is 18.9 Å². The van der Waals surface area contributed by atoms with Crippen molar-refractivity contribution in [3.63, 3.8) is 0 Å². The number of halogens is 4. The fraction of sp³-hybridized carbons (Fsp3) is 0.440. The Kier molecular flexibility index (Phi) is 10.8. The van der Waals surface area contributed by atoms with Gasteiger partial charge in [0.05, 0.1) is 29.6 Å². The summed E-state index contributed by atoms with van der Waals surface area (Å²) in [7, 11) is -2.72. The van der Waals surface area contributed by atoms with Crippen LogP contribution in [0.3, 0.4) is 0 Å². The summed E-state index contributed by atoms with van der Waals surface area (Å²) in [5, 5.41) is 2.13. The topological polar surface area (TPSA) is 96.0 Å². The van der Waals surface area contributed by atoms with Gasteiger partial charge in [-0.05, 0) is 48.7 Å². The van der Waals surface area contributed by atoms with Crippen molar-refractivity contribution in [1.82, 2.24) is 10.2 Å². The second-order valence-corrected chi connectivity index (χ2v) is 10.8. The van der Waals surface area contributed by atoms with Crippen molar-refractivity contribution in [1.29, 1.82) is 0 Å². The van der Waals surface area contributed by atoms with Gasteiger partial charge in [0.2, 0.25) is 21.8 Å². The number of sulfonamides is 1. The largest absolute Gasteiger partial charge is 0.497 e. The monoisotopic (exact) mass is 577 g/mol. The van der Waals surface area contributed by atoms with Gasteiger partial charge in [0.1, 0.15) is 18.3 Å². The molecule has 2 aromatic rings. The maximum absolute atomic E-state index is 13.6. The molecule has 2 aromatic carbocycles. The highest BCUT2D eigenvalue weighted by Crippen LogP contribution is 2.37. The van der Waals surface area contributed by atoms with Gasteiger partial charge < -0.3 is 15.0 Å². The fourth-order valence-corrected chi connectivity index (χ4v) is 4.78. The first kappa shape index (κ1) is 31.2. The lowest BCUT2D eigenvalue weighted by Crippen LogP contribution is -2.52. The van der Waals surface area contributed by atoms with Gasteiger partial charge in [0.15, 0.2) is 0 Å². The lowest BCUT2D eigenvalue weighted by molar-refractivity contribution is -0.140. The van der Waals surface area contributed by atoms with E-state index in [9.17, 15) is 31.2 Å². The van der Waals surface area contributed by atoms with E-state index in [1.165, 1.54) is 12.0 Å². The summed E-state index contributed by atoms with van der Waals surface area (Å²) >= 11 is 5.69. The minimum Gasteiger partial charge on any atom is -0.497 e. The van der Waals surface area contributed by atoms with Crippen molar-refractivity contribution in [2.24, 2.45) is 0 Å². The summed E-state index contributed by atoms with van der Waals surface area (Å²) in [6.45, 7) is 3.07. The highest BCUT2D eigenvalue weighted by molar-refractivity contribution is 7.92. The van der Waals surface area contributed by atoms with Gasteiger partial charge in [-0.1, -0.05) is 37.6 Å². The third-order valence-electron chi connectivity index (χ3n) is 5.67. The number of methoxy groups -OCH3 is 1. The minimum atomic E-state index is -4.84. The molecule has 0 spiro atoms. The Labute approximate surface area is 225 Å². The smallest absolute Gasteiger partial charge is 0.417 e. The van der Waals surface area contributed by atoms with Gasteiger partial charge >= 0.3 is 6.18 Å². The van der Waals surface area contributed by atoms with Crippen LogP contribution in [0.1, 0.15) is 37.8 Å². The van der Waals surface area contributed by atoms with Crippen LogP contribution in [0.2, 0.25) is 5.02 Å². The summed E-state index contributed by atoms with van der Waals surface area (Å²) in [5.41, 5.74) is -0.985. The van der Waals surface area contributed by atoms with Gasteiger partial charge in [-0.3, -0.25) is 13.9 Å². The first-order valence-electron chi connectivity index (χ1n) is 11.8. The van der Waals surface area contributed by atoms with E-state index >= 15 is 0 Å². The minimum absolute atomic E-state index is 0.0487. The zero-order valence-corrected chi connectivity index (χ0v) is 23.1. The Morgan fingerprint density at radius 1 is 1.11 bits per heavy atom. The molecule has 8 nitrogen and oxygen atoms in total. The number of carbonyl (C=O) groups excluding carboxylic acids is 2. The van der Waals surface area contributed by atoms with Crippen LogP contribution in [0.15, 0.2) is 42.5 Å². The van der Waals surface area contributed by atoms with Crippen LogP contribution in [0.5, 0.6) is 5.75 Å². The summed E-state index contributed by atoms with van der Waals surface area (Å²) in [4.78, 5) is 27.7. The zero-order valence-electron chi connectivity index (χ0n) is 21.5. The summed E-state index contributed by atoms with van der Waals surface area (Å²) in [6.07, 6.45) is -3.18. The number of rotatable bonds is 12. The Balaban J connectivity index is 2.50. The number of amides is 2. The van der Waals surface area contributed by atoms with Crippen LogP contribution in [0, 0.1) is 0 Å². The van der Waals surface area contributed by atoms with E-state index in [2.05, 4.69) is 5.32 Å². The van der Waals surface area contributed by atoms with Crippen LogP contribution in [-0.4, -0.2) is 57.6 Å². The first-order chi connectivity index (χ1) is 17.7. The van der Waals surface area contributed by atoms with Crippen LogP contribution in [-0.2, 0) is 32.3 Å². The molecule has 0 aromatic heterocycles. The molecule has 0 bridgehead atoms. The average Bonchev–Trinajstić information content (AvgIpc) is 2.85. The van der Waals surface area contributed by atoms with Crippen molar-refractivity contribution in [2.45, 2.75) is 45.5 Å². The van der Waals surface area contributed by atoms with Gasteiger partial charge in [-0.15, -0.1) is 0 Å². The van der Waals surface area contributed by atoms with E-state index in [4.69, 9.17) is 16.3 Å². The normalized spacial score (nSPS) is 12.5. The Morgan fingerprint density at radius 2 is 1.74 bits per heavy atom. The predicted molar refractivity (Wildman–Crippen MR) is 140 cm³/mol. The number of ether oxygens (including phenoxy) is 1. The number of hydrogen-bond acceptors (Lipinski definition) is 5. The van der Waals surface area contributed by atoms with E-state index in [-0.39, 0.29) is 18.7 Å². The van der Waals surface area contributed by atoms with Gasteiger partial charge in [0.25, 0.3) is 0 Å². The molecule has 0 saturated carbocycles. The standard InChI is InChI=1S/C25H31ClF3N3O5S/c1-5-13-30-24(34)22(6-2)31(15-17-7-10-19(37-3)11-8-17)23(33)16-32(38(4,35)36)18-9-12-21(26)20(14-18)25(27,28)29/h7-12,14,22H,5-6,13,15-16H2,1-4H3,(H,30,34)/t22-/m1/s1. The second-order valence-electron chi connectivity index (χ2n) is 8.52. The van der Waals surface area contributed by atoms with Crippen molar-refractivity contribution in [2.75, 3.05) is 30.8 Å². The first-order valence-corrected chi connectivity index (χ1v) is 14.0. The van der Waals surface area contributed by atoms with E-state index in [0.717, 1.165) is 18.4 Å². The van der Waals surface area contributed by atoms with E-state index in [1.807, 2.05) is 6.92 Å². The third-order valence-corrected chi connectivity index (χ3v) is 7.14. The van der Waals surface area contributed by atoms with E-state index in [0.29, 0.717) is 34.7 Å². The molecule has 0 aliphatic rings. The van der Waals surface area contributed by atoms with Gasteiger partial charge in [-0.2, -0.15) is 13.2 Å². The number of alkyl halides is 3. The van der Waals surface area contributed by atoms with Gasteiger partial charge in [0, 0.05) is 13.1 Å². The molecule has 2 rings (SSSR count). The fourth-order valence-electron chi connectivity index (χ4n) is 3.71. The highest BCUT2D eigenvalue weighted by atomic mass is 35.5. The summed E-state index contributed by atoms with van der Waals surface area (Å²) in [6, 6.07) is 8.37. The Bertz CT molecular complexity index is 1220. The number of nitrogens with one attached hydrogen (secondary N) is 1. The second kappa shape index (κ2) is 13.2. The molecule has 0 aliphatic carbocycles. The zero-order chi connectivity index (χ0) is 28.7. The molecule has 13 heteroatoms. The molecule has 0 heterocycles. The molecular weight excluding hydrogens is 547 g/mol. The van der Waals surface area contributed by atoms with Crippen molar-refractivity contribution in [3.05, 3.63) is 58.6 Å². The Hall–Kier alpha value is -2.99. The lowest BCUT2D eigenvalue weighted by Gasteiger charge is -2.33. The van der Waals surface area contributed by atoms with E-state index in [1.54, 1.807) is 31.2 Å². The highest BCUT2D eigenvalue weighted by Gasteiger charge is 2.36. The molecule has 0 aliphatic heterocycles. The molecule has 0 saturated heterocycles. The third kappa shape index (κ3) is 8.26. The molecule has 1 N–H and O–H groups in total. The van der Waals surface area contributed by atoms with E-state index < -0.39 is 51.2 Å². The maximum atomic E-state index is 13.6. The van der Waals surface area contributed by atoms with Crippen molar-refractivity contribution >= 4 is 39.1 Å². The average molecular weight is 578 g/mol. The SMILES string of the molecule is CCCNC(=O)[C@@H](CC)N(Cc1ccc(OC)cc1)C(=O)CN(c1ccc(Cl)c(C(F)(F)F)c1)S(C)(=O)=O. The van der Waals surface area contributed by atoms with Crippen molar-refractivity contribution < 1.29 is 35.9 Å². The Morgan fingerprint density at radius 3 is 2.24 bits per heavy atom. The van der Waals surface area contributed by atoms with Crippen molar-refractivity contribution in [3.8, 4) is 5.75 Å². The molecule has 1 atom stereocenters. The lowest BCUT2D eigenvalue weighted by atomic mass is 10.1. The molecule has 0 unspecified atom stereocenters.